The number of rotatable bonds is 7. The highest BCUT2D eigenvalue weighted by atomic mass is 16.6. The number of hydrogen-bond donors (Lipinski definition) is 1. The van der Waals surface area contributed by atoms with E-state index in [0.717, 1.165) is 4.57 Å². The summed E-state index contributed by atoms with van der Waals surface area (Å²) in [7, 11) is 1.28. The van der Waals surface area contributed by atoms with Crippen LogP contribution in [-0.4, -0.2) is 94.4 Å². The SMILES string of the molecule is COC(=O)c1cc2c(cc1C)c(C(=Nc1ccc(C(=O)N3CCN(CC(=O)OC(C)(C)C)CC3)cc1)c1ccccc1)c(O)n2C(C)=O. The van der Waals surface area contributed by atoms with Gasteiger partial charge in [0.15, 0.2) is 0 Å². The van der Waals surface area contributed by atoms with E-state index in [-0.39, 0.29) is 29.9 Å². The molecule has 0 atom stereocenters. The van der Waals surface area contributed by atoms with E-state index < -0.39 is 17.5 Å². The lowest BCUT2D eigenvalue weighted by molar-refractivity contribution is -0.156. The lowest BCUT2D eigenvalue weighted by Crippen LogP contribution is -2.50. The number of aromatic nitrogens is 1. The van der Waals surface area contributed by atoms with E-state index >= 15 is 0 Å². The Morgan fingerprint density at radius 3 is 2.12 bits per heavy atom. The zero-order valence-corrected chi connectivity index (χ0v) is 28.1. The summed E-state index contributed by atoms with van der Waals surface area (Å²) in [6, 6.07) is 19.4. The predicted octanol–water partition coefficient (Wildman–Crippen LogP) is 5.37. The van der Waals surface area contributed by atoms with E-state index in [9.17, 15) is 24.3 Å². The maximum Gasteiger partial charge on any atom is 0.338 e. The first-order valence-corrected chi connectivity index (χ1v) is 15.7. The van der Waals surface area contributed by atoms with Gasteiger partial charge in [0.1, 0.15) is 5.60 Å². The molecule has 1 fully saturated rings. The highest BCUT2D eigenvalue weighted by Crippen LogP contribution is 2.36. The van der Waals surface area contributed by atoms with Gasteiger partial charge in [-0.05, 0) is 69.7 Å². The summed E-state index contributed by atoms with van der Waals surface area (Å²) in [5.74, 6) is -1.71. The van der Waals surface area contributed by atoms with Crippen LogP contribution in [0, 0.1) is 6.92 Å². The summed E-state index contributed by atoms with van der Waals surface area (Å²) in [4.78, 5) is 59.5. The van der Waals surface area contributed by atoms with Gasteiger partial charge in [0.25, 0.3) is 5.91 Å². The molecular weight excluding hydrogens is 612 g/mol. The normalized spacial score (nSPS) is 14.2. The molecule has 1 N–H and O–H groups in total. The fraction of sp³-hybridized carbons (Fsp3) is 0.324. The van der Waals surface area contributed by atoms with Crippen molar-refractivity contribution in [2.24, 2.45) is 4.99 Å². The summed E-state index contributed by atoms with van der Waals surface area (Å²) in [6.07, 6.45) is 0. The van der Waals surface area contributed by atoms with Crippen LogP contribution in [0.15, 0.2) is 71.7 Å². The fourth-order valence-corrected chi connectivity index (χ4v) is 5.83. The van der Waals surface area contributed by atoms with Gasteiger partial charge < -0.3 is 19.5 Å². The minimum absolute atomic E-state index is 0.121. The number of carbonyl (C=O) groups excluding carboxylic acids is 4. The summed E-state index contributed by atoms with van der Waals surface area (Å²) < 4.78 is 11.5. The van der Waals surface area contributed by atoms with Crippen molar-refractivity contribution in [2.45, 2.75) is 40.2 Å². The summed E-state index contributed by atoms with van der Waals surface area (Å²) in [6.45, 7) is 10.9. The van der Waals surface area contributed by atoms with Crippen molar-refractivity contribution in [3.63, 3.8) is 0 Å². The predicted molar refractivity (Wildman–Crippen MR) is 182 cm³/mol. The summed E-state index contributed by atoms with van der Waals surface area (Å²) in [5, 5.41) is 12.0. The number of nitrogens with zero attached hydrogens (tertiary/aromatic N) is 4. The van der Waals surface area contributed by atoms with Gasteiger partial charge in [-0.1, -0.05) is 30.3 Å². The molecule has 1 aromatic heterocycles. The van der Waals surface area contributed by atoms with E-state index in [1.807, 2.05) is 56.0 Å². The fourth-order valence-electron chi connectivity index (χ4n) is 5.83. The number of esters is 2. The van der Waals surface area contributed by atoms with Crippen LogP contribution < -0.4 is 0 Å². The molecule has 4 aromatic rings. The Labute approximate surface area is 279 Å². The molecule has 1 saturated heterocycles. The molecule has 250 valence electrons. The van der Waals surface area contributed by atoms with Gasteiger partial charge in [-0.25, -0.2) is 9.79 Å². The van der Waals surface area contributed by atoms with Gasteiger partial charge in [0.2, 0.25) is 11.8 Å². The average molecular weight is 653 g/mol. The number of aryl methyl sites for hydroxylation is 1. The van der Waals surface area contributed by atoms with Gasteiger partial charge in [-0.2, -0.15) is 0 Å². The average Bonchev–Trinajstić information content (AvgIpc) is 3.33. The van der Waals surface area contributed by atoms with E-state index in [1.54, 1.807) is 48.2 Å². The molecule has 3 aromatic carbocycles. The molecule has 1 aliphatic heterocycles. The van der Waals surface area contributed by atoms with Crippen LogP contribution >= 0.6 is 0 Å². The number of methoxy groups -OCH3 is 1. The van der Waals surface area contributed by atoms with Gasteiger partial charge in [-0.3, -0.25) is 23.9 Å². The minimum atomic E-state index is -0.555. The number of amides is 1. The lowest BCUT2D eigenvalue weighted by Gasteiger charge is -2.34. The largest absolute Gasteiger partial charge is 0.494 e. The molecule has 0 aliphatic carbocycles. The van der Waals surface area contributed by atoms with Gasteiger partial charge in [0, 0.05) is 49.6 Å². The third kappa shape index (κ3) is 7.31. The van der Waals surface area contributed by atoms with Gasteiger partial charge >= 0.3 is 11.9 Å². The summed E-state index contributed by atoms with van der Waals surface area (Å²) in [5.41, 5.74) is 3.13. The zero-order valence-electron chi connectivity index (χ0n) is 28.1. The number of benzene rings is 3. The Morgan fingerprint density at radius 1 is 0.896 bits per heavy atom. The standard InChI is InChI=1S/C37H40N4O7/c1-23-20-29-30(21-28(23)36(46)47-6)41(24(2)42)35(45)32(29)33(25-10-8-7-9-11-25)38-27-14-12-26(13-15-27)34(44)40-18-16-39(17-19-40)22-31(43)48-37(3,4)5/h7-15,20-21,45H,16-19,22H2,1-6H3. The second-order valence-corrected chi connectivity index (χ2v) is 12.8. The Kier molecular flexibility index (Phi) is 9.81. The van der Waals surface area contributed by atoms with Crippen LogP contribution in [0.25, 0.3) is 10.9 Å². The maximum atomic E-state index is 13.4. The summed E-state index contributed by atoms with van der Waals surface area (Å²) >= 11 is 0. The van der Waals surface area contributed by atoms with Crippen molar-refractivity contribution in [1.29, 1.82) is 0 Å². The van der Waals surface area contributed by atoms with Crippen molar-refractivity contribution in [1.82, 2.24) is 14.4 Å². The molecule has 11 nitrogen and oxygen atoms in total. The van der Waals surface area contributed by atoms with Crippen LogP contribution in [0.1, 0.15) is 69.9 Å². The quantitative estimate of drug-likeness (QED) is 0.208. The maximum absolute atomic E-state index is 13.4. The first kappa shape index (κ1) is 34.1. The molecule has 48 heavy (non-hydrogen) atoms. The third-order valence-corrected chi connectivity index (χ3v) is 8.08. The third-order valence-electron chi connectivity index (χ3n) is 8.08. The van der Waals surface area contributed by atoms with Crippen LogP contribution in [0.4, 0.5) is 5.69 Å². The number of piperazine rings is 1. The zero-order chi connectivity index (χ0) is 34.7. The topological polar surface area (TPSA) is 131 Å². The Balaban J connectivity index is 1.45. The second kappa shape index (κ2) is 13.8. The number of fused-ring (bicyclic) bond motifs is 1. The van der Waals surface area contributed by atoms with Crippen molar-refractivity contribution < 1.29 is 33.8 Å². The van der Waals surface area contributed by atoms with Crippen LogP contribution in [0.3, 0.4) is 0 Å². The van der Waals surface area contributed by atoms with Gasteiger partial charge in [0.05, 0.1) is 41.7 Å². The van der Waals surface area contributed by atoms with E-state index in [1.165, 1.54) is 14.0 Å². The van der Waals surface area contributed by atoms with Gasteiger partial charge in [-0.15, -0.1) is 0 Å². The van der Waals surface area contributed by atoms with Crippen molar-refractivity contribution in [3.05, 3.63) is 94.5 Å². The monoisotopic (exact) mass is 652 g/mol. The van der Waals surface area contributed by atoms with Crippen molar-refractivity contribution in [2.75, 3.05) is 39.8 Å². The van der Waals surface area contributed by atoms with Crippen molar-refractivity contribution in [3.8, 4) is 5.88 Å². The number of aliphatic imine (C=N–C) groups is 1. The Morgan fingerprint density at radius 2 is 1.54 bits per heavy atom. The highest BCUT2D eigenvalue weighted by Gasteiger charge is 2.27. The van der Waals surface area contributed by atoms with E-state index in [2.05, 4.69) is 0 Å². The molecule has 2 heterocycles. The molecule has 0 saturated carbocycles. The molecule has 1 amide bonds. The first-order valence-electron chi connectivity index (χ1n) is 15.7. The number of hydrogen-bond acceptors (Lipinski definition) is 9. The van der Waals surface area contributed by atoms with Crippen LogP contribution in [0.2, 0.25) is 0 Å². The molecule has 11 heteroatoms. The molecule has 0 radical (unpaired) electrons. The first-order chi connectivity index (χ1) is 22.8. The van der Waals surface area contributed by atoms with E-state index in [4.69, 9.17) is 14.5 Å². The van der Waals surface area contributed by atoms with Crippen LogP contribution in [-0.2, 0) is 14.3 Å². The molecule has 0 bridgehead atoms. The van der Waals surface area contributed by atoms with E-state index in [0.29, 0.717) is 70.7 Å². The number of carbonyl (C=O) groups is 4. The smallest absolute Gasteiger partial charge is 0.338 e. The second-order valence-electron chi connectivity index (χ2n) is 12.8. The van der Waals surface area contributed by atoms with Crippen molar-refractivity contribution >= 4 is 46.1 Å². The number of aromatic hydroxyl groups is 1. The Hall–Kier alpha value is -5.29. The molecule has 1 aliphatic rings. The Bertz CT molecular complexity index is 1900. The molecular formula is C37H40N4O7. The minimum Gasteiger partial charge on any atom is -0.494 e. The molecule has 0 spiro atoms. The lowest BCUT2D eigenvalue weighted by atomic mass is 9.98. The molecule has 0 unspecified atom stereocenters. The highest BCUT2D eigenvalue weighted by molar-refractivity contribution is 6.23. The van der Waals surface area contributed by atoms with Crippen LogP contribution in [0.5, 0.6) is 5.88 Å². The molecule has 5 rings (SSSR count). The number of ether oxygens (including phenoxy) is 2.